The number of carbonyl (C=O) groups is 2. The van der Waals surface area contributed by atoms with E-state index in [-0.39, 0.29) is 24.0 Å². The molecule has 0 spiro atoms. The smallest absolute Gasteiger partial charge is 0.248 e. The Morgan fingerprint density at radius 3 is 2.60 bits per heavy atom. The van der Waals surface area contributed by atoms with Gasteiger partial charge in [-0.15, -0.1) is 0 Å². The van der Waals surface area contributed by atoms with Crippen LogP contribution in [0.4, 0.5) is 0 Å². The summed E-state index contributed by atoms with van der Waals surface area (Å²) in [4.78, 5) is 27.4. The van der Waals surface area contributed by atoms with E-state index in [9.17, 15) is 9.59 Å². The van der Waals surface area contributed by atoms with Crippen LogP contribution in [0.25, 0.3) is 0 Å². The van der Waals surface area contributed by atoms with Crippen LogP contribution in [0.15, 0.2) is 30.3 Å². The lowest BCUT2D eigenvalue weighted by atomic mass is 9.80. The molecule has 1 aromatic rings. The number of hydrogen-bond acceptors (Lipinski definition) is 4. The van der Waals surface area contributed by atoms with Gasteiger partial charge in [0.25, 0.3) is 0 Å². The van der Waals surface area contributed by atoms with Gasteiger partial charge in [0.15, 0.2) is 0 Å². The number of primary amides is 1. The van der Waals surface area contributed by atoms with Crippen LogP contribution in [0, 0.1) is 5.92 Å². The summed E-state index contributed by atoms with van der Waals surface area (Å²) in [5, 5.41) is 0. The quantitative estimate of drug-likeness (QED) is 0.864. The largest absolute Gasteiger partial charge is 0.369 e. The number of benzene rings is 1. The van der Waals surface area contributed by atoms with Gasteiger partial charge in [0.1, 0.15) is 6.61 Å². The van der Waals surface area contributed by atoms with Crippen molar-refractivity contribution in [3.8, 4) is 0 Å². The van der Waals surface area contributed by atoms with Crippen molar-refractivity contribution < 1.29 is 14.3 Å². The highest BCUT2D eigenvalue weighted by Crippen LogP contribution is 2.34. The fourth-order valence-electron chi connectivity index (χ4n) is 3.95. The topological polar surface area (TPSA) is 75.9 Å². The minimum absolute atomic E-state index is 0.0486. The third-order valence-corrected chi connectivity index (χ3v) is 5.43. The van der Waals surface area contributed by atoms with Gasteiger partial charge in [-0.1, -0.05) is 30.3 Å². The Balaban J connectivity index is 1.61. The number of amides is 2. The predicted octanol–water partition coefficient (Wildman–Crippen LogP) is 1.00. The van der Waals surface area contributed by atoms with E-state index in [0.717, 1.165) is 31.5 Å². The Morgan fingerprint density at radius 1 is 1.28 bits per heavy atom. The van der Waals surface area contributed by atoms with Crippen LogP contribution in [0.2, 0.25) is 0 Å². The highest BCUT2D eigenvalue weighted by atomic mass is 16.5. The molecule has 2 fully saturated rings. The average molecular weight is 345 g/mol. The Labute approximate surface area is 148 Å². The molecule has 0 radical (unpaired) electrons. The van der Waals surface area contributed by atoms with Gasteiger partial charge in [-0.25, -0.2) is 0 Å². The van der Waals surface area contributed by atoms with Crippen LogP contribution < -0.4 is 5.73 Å². The maximum atomic E-state index is 12.3. The van der Waals surface area contributed by atoms with E-state index in [1.807, 2.05) is 35.2 Å². The van der Waals surface area contributed by atoms with Crippen molar-refractivity contribution in [2.24, 2.45) is 11.7 Å². The normalized spacial score (nSPS) is 26.0. The summed E-state index contributed by atoms with van der Waals surface area (Å²) < 4.78 is 6.00. The van der Waals surface area contributed by atoms with Gasteiger partial charge in [0.05, 0.1) is 18.7 Å². The van der Waals surface area contributed by atoms with Crippen LogP contribution in [0.3, 0.4) is 0 Å². The molecular weight excluding hydrogens is 318 g/mol. The molecule has 0 aromatic heterocycles. The second-order valence-electron chi connectivity index (χ2n) is 7.35. The second kappa shape index (κ2) is 7.54. The van der Waals surface area contributed by atoms with Crippen LogP contribution >= 0.6 is 0 Å². The van der Waals surface area contributed by atoms with Crippen molar-refractivity contribution in [3.63, 3.8) is 0 Å². The Morgan fingerprint density at radius 2 is 1.96 bits per heavy atom. The molecule has 0 bridgehead atoms. The third-order valence-electron chi connectivity index (χ3n) is 5.43. The molecule has 6 heteroatoms. The van der Waals surface area contributed by atoms with E-state index in [1.54, 1.807) is 0 Å². The van der Waals surface area contributed by atoms with Crippen LogP contribution in [0.5, 0.6) is 0 Å². The molecule has 2 heterocycles. The summed E-state index contributed by atoms with van der Waals surface area (Å²) in [6.45, 7) is 5.51. The van der Waals surface area contributed by atoms with Crippen molar-refractivity contribution in [2.75, 3.05) is 32.8 Å². The summed E-state index contributed by atoms with van der Waals surface area (Å²) in [5.74, 6) is 0.147. The number of carbonyl (C=O) groups excluding carboxylic acids is 2. The van der Waals surface area contributed by atoms with E-state index in [0.29, 0.717) is 25.6 Å². The van der Waals surface area contributed by atoms with Crippen molar-refractivity contribution in [1.29, 1.82) is 0 Å². The number of likely N-dealkylation sites (tertiary alicyclic amines) is 1. The van der Waals surface area contributed by atoms with Crippen LogP contribution in [0.1, 0.15) is 25.3 Å². The fourth-order valence-corrected chi connectivity index (χ4v) is 3.95. The minimum atomic E-state index is -0.332. The number of nitrogens with two attached hydrogens (primary N) is 1. The summed E-state index contributed by atoms with van der Waals surface area (Å²) >= 11 is 0. The Bertz CT molecular complexity index is 614. The average Bonchev–Trinajstić information content (AvgIpc) is 2.59. The molecule has 2 aliphatic rings. The van der Waals surface area contributed by atoms with Crippen molar-refractivity contribution in [3.05, 3.63) is 35.9 Å². The predicted molar refractivity (Wildman–Crippen MR) is 94.6 cm³/mol. The first-order chi connectivity index (χ1) is 12.0. The van der Waals surface area contributed by atoms with Crippen LogP contribution in [-0.2, 0) is 20.9 Å². The molecule has 0 aliphatic carbocycles. The Hall–Kier alpha value is -1.92. The van der Waals surface area contributed by atoms with Gasteiger partial charge in [-0.3, -0.25) is 14.5 Å². The van der Waals surface area contributed by atoms with Crippen molar-refractivity contribution in [1.82, 2.24) is 9.80 Å². The first-order valence-corrected chi connectivity index (χ1v) is 8.92. The van der Waals surface area contributed by atoms with E-state index >= 15 is 0 Å². The summed E-state index contributed by atoms with van der Waals surface area (Å²) in [6, 6.07) is 10.1. The first kappa shape index (κ1) is 17.9. The maximum absolute atomic E-state index is 12.3. The number of morpholine rings is 1. The molecule has 1 atom stereocenters. The van der Waals surface area contributed by atoms with Gasteiger partial charge >= 0.3 is 0 Å². The van der Waals surface area contributed by atoms with E-state index < -0.39 is 0 Å². The van der Waals surface area contributed by atoms with Gasteiger partial charge < -0.3 is 15.4 Å². The molecule has 136 valence electrons. The van der Waals surface area contributed by atoms with Crippen LogP contribution in [-0.4, -0.2) is 60.0 Å². The monoisotopic (exact) mass is 345 g/mol. The highest BCUT2D eigenvalue weighted by molar-refractivity contribution is 5.78. The maximum Gasteiger partial charge on any atom is 0.248 e. The van der Waals surface area contributed by atoms with Gasteiger partial charge in [-0.2, -0.15) is 0 Å². The lowest BCUT2D eigenvalue weighted by Gasteiger charge is -2.47. The zero-order valence-corrected chi connectivity index (χ0v) is 14.8. The number of ether oxygens (including phenoxy) is 1. The van der Waals surface area contributed by atoms with Gasteiger partial charge in [0.2, 0.25) is 11.8 Å². The van der Waals surface area contributed by atoms with Gasteiger partial charge in [0, 0.05) is 6.54 Å². The molecule has 2 amide bonds. The zero-order valence-electron chi connectivity index (χ0n) is 14.8. The third kappa shape index (κ3) is 4.38. The molecule has 3 rings (SSSR count). The molecule has 0 unspecified atom stereocenters. The number of rotatable bonds is 5. The lowest BCUT2D eigenvalue weighted by molar-refractivity contribution is -0.174. The summed E-state index contributed by atoms with van der Waals surface area (Å²) in [7, 11) is 0. The highest BCUT2D eigenvalue weighted by Gasteiger charge is 2.43. The van der Waals surface area contributed by atoms with Crippen molar-refractivity contribution in [2.45, 2.75) is 31.9 Å². The molecule has 6 nitrogen and oxygen atoms in total. The Kier molecular flexibility index (Phi) is 5.39. The van der Waals surface area contributed by atoms with E-state index in [4.69, 9.17) is 10.5 Å². The van der Waals surface area contributed by atoms with E-state index in [2.05, 4.69) is 11.8 Å². The second-order valence-corrected chi connectivity index (χ2v) is 7.35. The number of piperidine rings is 1. The number of nitrogens with zero attached hydrogens (tertiary/aromatic N) is 2. The fraction of sp³-hybridized carbons (Fsp3) is 0.579. The zero-order chi connectivity index (χ0) is 17.9. The molecule has 0 saturated carbocycles. The molecule has 2 aliphatic heterocycles. The molecule has 2 saturated heterocycles. The lowest BCUT2D eigenvalue weighted by Crippen LogP contribution is -2.58. The van der Waals surface area contributed by atoms with Gasteiger partial charge in [-0.05, 0) is 44.3 Å². The molecular formula is C19H27N3O3. The molecule has 1 aromatic carbocycles. The summed E-state index contributed by atoms with van der Waals surface area (Å²) in [5.41, 5.74) is 6.09. The standard InChI is InChI=1S/C19H27N3O3/c1-19(16-7-9-21(10-8-16)12-17(20)23)14-22(18(24)13-25-19)11-15-5-3-2-4-6-15/h2-6,16H,7-14H2,1H3,(H2,20,23)/t19-/m1/s1. The van der Waals surface area contributed by atoms with Crippen molar-refractivity contribution >= 4 is 11.8 Å². The number of hydrogen-bond donors (Lipinski definition) is 1. The molecule has 2 N–H and O–H groups in total. The van der Waals surface area contributed by atoms with E-state index in [1.165, 1.54) is 0 Å². The summed E-state index contributed by atoms with van der Waals surface area (Å²) in [6.07, 6.45) is 1.91. The molecule has 25 heavy (non-hydrogen) atoms. The SMILES string of the molecule is C[C@]1(C2CCN(CC(N)=O)CC2)CN(Cc2ccccc2)C(=O)CO1. The minimum Gasteiger partial charge on any atom is -0.369 e. The first-order valence-electron chi connectivity index (χ1n) is 8.92.